The third-order valence-corrected chi connectivity index (χ3v) is 3.43. The molecule has 0 radical (unpaired) electrons. The number of anilines is 2. The molecule has 1 aromatic rings. The highest BCUT2D eigenvalue weighted by atomic mass is 15.3. The molecule has 0 saturated carbocycles. The molecule has 1 aromatic heterocycles. The van der Waals surface area contributed by atoms with Crippen LogP contribution in [-0.2, 0) is 6.42 Å². The van der Waals surface area contributed by atoms with Crippen LogP contribution in [0.25, 0.3) is 0 Å². The second kappa shape index (κ2) is 5.97. The van der Waals surface area contributed by atoms with Gasteiger partial charge in [-0.3, -0.25) is 0 Å². The van der Waals surface area contributed by atoms with Crippen LogP contribution in [0.15, 0.2) is 6.33 Å². The van der Waals surface area contributed by atoms with Crippen molar-refractivity contribution in [1.29, 1.82) is 0 Å². The maximum Gasteiger partial charge on any atom is 0.148 e. The first-order valence-corrected chi connectivity index (χ1v) is 6.50. The van der Waals surface area contributed by atoms with E-state index >= 15 is 0 Å². The second-order valence-electron chi connectivity index (χ2n) is 4.67. The molecule has 0 amide bonds. The summed E-state index contributed by atoms with van der Waals surface area (Å²) in [5.74, 6) is 7.27. The number of rotatable bonds is 3. The van der Waals surface area contributed by atoms with Gasteiger partial charge in [0.15, 0.2) is 0 Å². The van der Waals surface area contributed by atoms with E-state index < -0.39 is 0 Å². The SMILES string of the molecule is CCc1c(NN)ncnc1N1CCCN(C)CC1. The first kappa shape index (κ1) is 13.0. The number of nitrogen functional groups attached to an aromatic ring is 1. The number of hydrogen-bond donors (Lipinski definition) is 2. The zero-order valence-electron chi connectivity index (χ0n) is 11.2. The van der Waals surface area contributed by atoms with Gasteiger partial charge in [-0.15, -0.1) is 0 Å². The molecule has 0 spiro atoms. The standard InChI is InChI=1S/C12H22N6/c1-3-10-11(16-13)14-9-15-12(10)18-6-4-5-17(2)7-8-18/h9H,3-8,13H2,1-2H3,(H,14,15,16). The summed E-state index contributed by atoms with van der Waals surface area (Å²) in [6.07, 6.45) is 3.62. The molecule has 0 unspecified atom stereocenters. The first-order valence-electron chi connectivity index (χ1n) is 6.50. The van der Waals surface area contributed by atoms with Crippen LogP contribution in [0.1, 0.15) is 18.9 Å². The normalized spacial score (nSPS) is 17.6. The molecule has 0 aliphatic carbocycles. The predicted octanol–water partition coefficient (Wildman–Crippen LogP) is 0.467. The van der Waals surface area contributed by atoms with Gasteiger partial charge < -0.3 is 15.2 Å². The topological polar surface area (TPSA) is 70.3 Å². The van der Waals surface area contributed by atoms with E-state index in [0.29, 0.717) is 0 Å². The summed E-state index contributed by atoms with van der Waals surface area (Å²) in [4.78, 5) is 13.3. The fourth-order valence-corrected chi connectivity index (χ4v) is 2.38. The van der Waals surface area contributed by atoms with E-state index in [-0.39, 0.29) is 0 Å². The van der Waals surface area contributed by atoms with E-state index in [1.54, 1.807) is 6.33 Å². The minimum absolute atomic E-state index is 0.736. The Labute approximate surface area is 108 Å². The van der Waals surface area contributed by atoms with Gasteiger partial charge >= 0.3 is 0 Å². The van der Waals surface area contributed by atoms with Gasteiger partial charge in [0.2, 0.25) is 0 Å². The maximum absolute atomic E-state index is 5.51. The second-order valence-corrected chi connectivity index (χ2v) is 4.67. The third kappa shape index (κ3) is 2.70. The van der Waals surface area contributed by atoms with E-state index in [1.807, 2.05) is 0 Å². The number of hydrazine groups is 1. The molecule has 0 atom stereocenters. The average molecular weight is 250 g/mol. The van der Waals surface area contributed by atoms with Crippen molar-refractivity contribution in [3.05, 3.63) is 11.9 Å². The van der Waals surface area contributed by atoms with E-state index in [1.165, 1.54) is 0 Å². The van der Waals surface area contributed by atoms with Crippen molar-refractivity contribution < 1.29 is 0 Å². The maximum atomic E-state index is 5.51. The van der Waals surface area contributed by atoms with Crippen LogP contribution < -0.4 is 16.2 Å². The van der Waals surface area contributed by atoms with Crippen molar-refractivity contribution in [2.45, 2.75) is 19.8 Å². The van der Waals surface area contributed by atoms with Gasteiger partial charge in [-0.1, -0.05) is 6.92 Å². The summed E-state index contributed by atoms with van der Waals surface area (Å²) < 4.78 is 0. The Morgan fingerprint density at radius 3 is 2.83 bits per heavy atom. The lowest BCUT2D eigenvalue weighted by molar-refractivity contribution is 0.360. The van der Waals surface area contributed by atoms with E-state index in [0.717, 1.165) is 56.2 Å². The fourth-order valence-electron chi connectivity index (χ4n) is 2.38. The summed E-state index contributed by atoms with van der Waals surface area (Å²) in [7, 11) is 2.16. The summed E-state index contributed by atoms with van der Waals surface area (Å²) in [6.45, 7) is 6.36. The van der Waals surface area contributed by atoms with Crippen molar-refractivity contribution in [2.24, 2.45) is 5.84 Å². The van der Waals surface area contributed by atoms with Crippen molar-refractivity contribution in [3.8, 4) is 0 Å². The molecular weight excluding hydrogens is 228 g/mol. The van der Waals surface area contributed by atoms with Crippen molar-refractivity contribution in [3.63, 3.8) is 0 Å². The molecule has 1 saturated heterocycles. The summed E-state index contributed by atoms with van der Waals surface area (Å²) in [6, 6.07) is 0. The molecule has 0 bridgehead atoms. The van der Waals surface area contributed by atoms with Crippen LogP contribution in [0.3, 0.4) is 0 Å². The minimum Gasteiger partial charge on any atom is -0.355 e. The van der Waals surface area contributed by atoms with E-state index in [9.17, 15) is 0 Å². The summed E-state index contributed by atoms with van der Waals surface area (Å²) >= 11 is 0. The lowest BCUT2D eigenvalue weighted by atomic mass is 10.2. The van der Waals surface area contributed by atoms with Gasteiger partial charge in [-0.25, -0.2) is 15.8 Å². The van der Waals surface area contributed by atoms with Crippen LogP contribution in [0.5, 0.6) is 0 Å². The third-order valence-electron chi connectivity index (χ3n) is 3.43. The first-order chi connectivity index (χ1) is 8.76. The Hall–Kier alpha value is -1.40. The van der Waals surface area contributed by atoms with E-state index in [2.05, 4.69) is 39.2 Å². The molecule has 2 heterocycles. The zero-order valence-corrected chi connectivity index (χ0v) is 11.2. The van der Waals surface area contributed by atoms with Crippen LogP contribution >= 0.6 is 0 Å². The molecule has 100 valence electrons. The Balaban J connectivity index is 2.26. The molecule has 6 nitrogen and oxygen atoms in total. The highest BCUT2D eigenvalue weighted by molar-refractivity contribution is 5.58. The van der Waals surface area contributed by atoms with Crippen molar-refractivity contribution >= 4 is 11.6 Å². The predicted molar refractivity (Wildman–Crippen MR) is 73.5 cm³/mol. The van der Waals surface area contributed by atoms with Crippen molar-refractivity contribution in [2.75, 3.05) is 43.6 Å². The molecule has 1 aliphatic heterocycles. The Morgan fingerprint density at radius 2 is 2.11 bits per heavy atom. The summed E-state index contributed by atoms with van der Waals surface area (Å²) in [5, 5.41) is 0. The van der Waals surface area contributed by atoms with Crippen LogP contribution in [0, 0.1) is 0 Å². The van der Waals surface area contributed by atoms with Gasteiger partial charge in [0, 0.05) is 25.2 Å². The molecule has 1 fully saturated rings. The number of likely N-dealkylation sites (N-methyl/N-ethyl adjacent to an activating group) is 1. The Morgan fingerprint density at radius 1 is 1.28 bits per heavy atom. The van der Waals surface area contributed by atoms with Gasteiger partial charge in [0.1, 0.15) is 18.0 Å². The molecule has 18 heavy (non-hydrogen) atoms. The van der Waals surface area contributed by atoms with Gasteiger partial charge in [0.05, 0.1) is 0 Å². The number of nitrogens with zero attached hydrogens (tertiary/aromatic N) is 4. The van der Waals surface area contributed by atoms with E-state index in [4.69, 9.17) is 5.84 Å². The summed E-state index contributed by atoms with van der Waals surface area (Å²) in [5.41, 5.74) is 3.76. The number of aromatic nitrogens is 2. The highest BCUT2D eigenvalue weighted by Crippen LogP contribution is 2.24. The molecular formula is C12H22N6. The largest absolute Gasteiger partial charge is 0.355 e. The number of nitrogens with two attached hydrogens (primary N) is 1. The molecule has 0 aromatic carbocycles. The fraction of sp³-hybridized carbons (Fsp3) is 0.667. The molecule has 1 aliphatic rings. The lowest BCUT2D eigenvalue weighted by Crippen LogP contribution is -2.30. The Bertz CT molecular complexity index is 394. The number of nitrogens with one attached hydrogen (secondary N) is 1. The van der Waals surface area contributed by atoms with Crippen LogP contribution in [0.4, 0.5) is 11.6 Å². The monoisotopic (exact) mass is 250 g/mol. The van der Waals surface area contributed by atoms with Gasteiger partial charge in [-0.2, -0.15) is 0 Å². The minimum atomic E-state index is 0.736. The Kier molecular flexibility index (Phi) is 4.33. The molecule has 3 N–H and O–H groups in total. The quantitative estimate of drug-likeness (QED) is 0.600. The van der Waals surface area contributed by atoms with Crippen LogP contribution in [0.2, 0.25) is 0 Å². The molecule has 2 rings (SSSR count). The lowest BCUT2D eigenvalue weighted by Gasteiger charge is -2.24. The van der Waals surface area contributed by atoms with Gasteiger partial charge in [0.25, 0.3) is 0 Å². The van der Waals surface area contributed by atoms with Crippen LogP contribution in [-0.4, -0.2) is 48.1 Å². The molecule has 6 heteroatoms. The van der Waals surface area contributed by atoms with Gasteiger partial charge in [-0.05, 0) is 26.4 Å². The van der Waals surface area contributed by atoms with Crippen molar-refractivity contribution in [1.82, 2.24) is 14.9 Å². The highest BCUT2D eigenvalue weighted by Gasteiger charge is 2.18. The average Bonchev–Trinajstić information content (AvgIpc) is 2.62. The number of hydrogen-bond acceptors (Lipinski definition) is 6. The smallest absolute Gasteiger partial charge is 0.148 e. The zero-order chi connectivity index (χ0) is 13.0.